The Morgan fingerprint density at radius 3 is 2.60 bits per heavy atom. The van der Waals surface area contributed by atoms with Gasteiger partial charge in [0.25, 0.3) is 0 Å². The number of ketones is 1. The van der Waals surface area contributed by atoms with E-state index < -0.39 is 0 Å². The molecule has 0 fully saturated rings. The zero-order valence-electron chi connectivity index (χ0n) is 14.3. The summed E-state index contributed by atoms with van der Waals surface area (Å²) in [5, 5.41) is 0.640. The standard InChI is InChI=1S/C22H20ClNO/c1-15-20(16-7-3-2-4-8-16)19-9-5-6-14-24(19)21(15)22(25)17-10-12-18(23)13-11-17/h5-7,9-14H,2-4,8H2,1H3. The third kappa shape index (κ3) is 2.81. The first-order valence-electron chi connectivity index (χ1n) is 8.76. The molecular weight excluding hydrogens is 330 g/mol. The van der Waals surface area contributed by atoms with E-state index in [0.29, 0.717) is 10.6 Å². The Bertz CT molecular complexity index is 979. The number of carbonyl (C=O) groups is 1. The Kier molecular flexibility index (Phi) is 4.22. The van der Waals surface area contributed by atoms with E-state index in [2.05, 4.69) is 19.1 Å². The summed E-state index contributed by atoms with van der Waals surface area (Å²) in [6.07, 6.45) is 9.01. The van der Waals surface area contributed by atoms with E-state index >= 15 is 0 Å². The topological polar surface area (TPSA) is 21.5 Å². The number of rotatable bonds is 3. The van der Waals surface area contributed by atoms with E-state index in [1.54, 1.807) is 24.3 Å². The van der Waals surface area contributed by atoms with Gasteiger partial charge in [-0.15, -0.1) is 0 Å². The predicted molar refractivity (Wildman–Crippen MR) is 103 cm³/mol. The lowest BCUT2D eigenvalue weighted by Gasteiger charge is -2.13. The monoisotopic (exact) mass is 349 g/mol. The van der Waals surface area contributed by atoms with E-state index in [4.69, 9.17) is 11.6 Å². The molecule has 3 heteroatoms. The number of hydrogen-bond acceptors (Lipinski definition) is 1. The van der Waals surface area contributed by atoms with Crippen molar-refractivity contribution in [2.24, 2.45) is 0 Å². The lowest BCUT2D eigenvalue weighted by atomic mass is 9.91. The summed E-state index contributed by atoms with van der Waals surface area (Å²) in [4.78, 5) is 13.2. The Hall–Kier alpha value is -2.32. The average Bonchev–Trinajstić information content (AvgIpc) is 2.94. The highest BCUT2D eigenvalue weighted by Gasteiger charge is 2.23. The lowest BCUT2D eigenvalue weighted by Crippen LogP contribution is -2.06. The Morgan fingerprint density at radius 1 is 1.08 bits per heavy atom. The smallest absolute Gasteiger partial charge is 0.210 e. The maximum atomic E-state index is 13.2. The number of benzene rings is 1. The van der Waals surface area contributed by atoms with Crippen LogP contribution in [0.25, 0.3) is 11.1 Å². The van der Waals surface area contributed by atoms with Crippen molar-refractivity contribution in [3.63, 3.8) is 0 Å². The molecule has 0 spiro atoms. The quantitative estimate of drug-likeness (QED) is 0.524. The first-order chi connectivity index (χ1) is 12.2. The van der Waals surface area contributed by atoms with Gasteiger partial charge in [-0.2, -0.15) is 0 Å². The molecule has 126 valence electrons. The highest BCUT2D eigenvalue weighted by atomic mass is 35.5. The average molecular weight is 350 g/mol. The van der Waals surface area contributed by atoms with E-state index in [-0.39, 0.29) is 5.78 Å². The molecular formula is C22H20ClNO. The molecule has 0 radical (unpaired) electrons. The summed E-state index contributed by atoms with van der Waals surface area (Å²) in [5.74, 6) is 0.0398. The zero-order valence-corrected chi connectivity index (χ0v) is 15.0. The maximum absolute atomic E-state index is 13.2. The number of carbonyl (C=O) groups excluding carboxylic acids is 1. The van der Waals surface area contributed by atoms with E-state index in [0.717, 1.165) is 29.6 Å². The molecule has 2 heterocycles. The number of halogens is 1. The largest absolute Gasteiger partial charge is 0.313 e. The molecule has 1 aliphatic rings. The van der Waals surface area contributed by atoms with Gasteiger partial charge in [-0.3, -0.25) is 4.79 Å². The van der Waals surface area contributed by atoms with Crippen LogP contribution >= 0.6 is 11.6 Å². The molecule has 0 bridgehead atoms. The fourth-order valence-corrected chi connectivity index (χ4v) is 3.95. The van der Waals surface area contributed by atoms with Crippen LogP contribution in [0, 0.1) is 6.92 Å². The predicted octanol–water partition coefficient (Wildman–Crippen LogP) is 6.09. The van der Waals surface area contributed by atoms with Gasteiger partial charge in [0.15, 0.2) is 0 Å². The second-order valence-electron chi connectivity index (χ2n) is 6.62. The fourth-order valence-electron chi connectivity index (χ4n) is 3.82. The van der Waals surface area contributed by atoms with Crippen LogP contribution < -0.4 is 0 Å². The molecule has 2 nitrogen and oxygen atoms in total. The van der Waals surface area contributed by atoms with Gasteiger partial charge in [0.05, 0.1) is 11.2 Å². The summed E-state index contributed by atoms with van der Waals surface area (Å²) < 4.78 is 2.04. The molecule has 0 atom stereocenters. The summed E-state index contributed by atoms with van der Waals surface area (Å²) in [5.41, 5.74) is 6.21. The lowest BCUT2D eigenvalue weighted by molar-refractivity contribution is 0.103. The summed E-state index contributed by atoms with van der Waals surface area (Å²) >= 11 is 5.97. The molecule has 2 aromatic heterocycles. The van der Waals surface area contributed by atoms with Crippen molar-refractivity contribution in [1.29, 1.82) is 0 Å². The van der Waals surface area contributed by atoms with Gasteiger partial charge in [0.1, 0.15) is 0 Å². The van der Waals surface area contributed by atoms with Crippen molar-refractivity contribution in [3.05, 3.63) is 82.1 Å². The maximum Gasteiger partial charge on any atom is 0.210 e. The van der Waals surface area contributed by atoms with Gasteiger partial charge in [-0.1, -0.05) is 23.7 Å². The van der Waals surface area contributed by atoms with Gasteiger partial charge >= 0.3 is 0 Å². The molecule has 0 unspecified atom stereocenters. The van der Waals surface area contributed by atoms with Crippen LogP contribution in [-0.2, 0) is 0 Å². The van der Waals surface area contributed by atoms with E-state index in [1.165, 1.54) is 24.0 Å². The Balaban J connectivity index is 1.92. The van der Waals surface area contributed by atoms with Crippen molar-refractivity contribution in [3.8, 4) is 0 Å². The first-order valence-corrected chi connectivity index (χ1v) is 9.14. The van der Waals surface area contributed by atoms with Crippen LogP contribution in [0.2, 0.25) is 5.02 Å². The molecule has 4 rings (SSSR count). The van der Waals surface area contributed by atoms with Crippen LogP contribution in [0.4, 0.5) is 0 Å². The van der Waals surface area contributed by atoms with Crippen LogP contribution in [0.3, 0.4) is 0 Å². The number of pyridine rings is 1. The van der Waals surface area contributed by atoms with Gasteiger partial charge in [0.2, 0.25) is 5.78 Å². The van der Waals surface area contributed by atoms with Gasteiger partial charge in [-0.05, 0) is 80.1 Å². The molecule has 0 N–H and O–H groups in total. The second kappa shape index (κ2) is 6.53. The number of nitrogens with zero attached hydrogens (tertiary/aromatic N) is 1. The van der Waals surface area contributed by atoms with Crippen LogP contribution in [0.1, 0.15) is 52.9 Å². The van der Waals surface area contributed by atoms with Gasteiger partial charge < -0.3 is 4.40 Å². The van der Waals surface area contributed by atoms with Crippen LogP contribution in [-0.4, -0.2) is 10.2 Å². The summed E-state index contributed by atoms with van der Waals surface area (Å²) in [6, 6.07) is 13.3. The minimum Gasteiger partial charge on any atom is -0.313 e. The highest BCUT2D eigenvalue weighted by Crippen LogP contribution is 2.35. The van der Waals surface area contributed by atoms with Crippen molar-refractivity contribution < 1.29 is 4.79 Å². The van der Waals surface area contributed by atoms with E-state index in [1.807, 2.05) is 22.7 Å². The highest BCUT2D eigenvalue weighted by molar-refractivity contribution is 6.30. The van der Waals surface area contributed by atoms with Crippen molar-refractivity contribution >= 4 is 28.5 Å². The van der Waals surface area contributed by atoms with Crippen molar-refractivity contribution in [2.45, 2.75) is 32.6 Å². The Labute approximate surface area is 152 Å². The van der Waals surface area contributed by atoms with Crippen LogP contribution in [0.15, 0.2) is 54.7 Å². The van der Waals surface area contributed by atoms with E-state index in [9.17, 15) is 4.79 Å². The summed E-state index contributed by atoms with van der Waals surface area (Å²) in [7, 11) is 0. The second-order valence-corrected chi connectivity index (χ2v) is 7.05. The normalized spacial score (nSPS) is 14.6. The zero-order chi connectivity index (χ0) is 17.4. The minimum absolute atomic E-state index is 0.0398. The molecule has 0 aliphatic heterocycles. The number of aromatic nitrogens is 1. The third-order valence-electron chi connectivity index (χ3n) is 5.02. The molecule has 1 aliphatic carbocycles. The molecule has 1 aromatic carbocycles. The molecule has 25 heavy (non-hydrogen) atoms. The first kappa shape index (κ1) is 16.2. The number of hydrogen-bond donors (Lipinski definition) is 0. The Morgan fingerprint density at radius 2 is 1.88 bits per heavy atom. The molecule has 0 saturated heterocycles. The fraction of sp³-hybridized carbons (Fsp3) is 0.227. The molecule has 3 aromatic rings. The van der Waals surface area contributed by atoms with Crippen molar-refractivity contribution in [1.82, 2.24) is 4.40 Å². The SMILES string of the molecule is Cc1c(C2=CCCCC2)c2ccccn2c1C(=O)c1ccc(Cl)cc1. The number of allylic oxidation sites excluding steroid dienone is 2. The van der Waals surface area contributed by atoms with Gasteiger partial charge in [-0.25, -0.2) is 0 Å². The third-order valence-corrected chi connectivity index (χ3v) is 5.27. The molecule has 0 saturated carbocycles. The number of fused-ring (bicyclic) bond motifs is 1. The minimum atomic E-state index is 0.0398. The molecule has 0 amide bonds. The van der Waals surface area contributed by atoms with Gasteiger partial charge in [0, 0.05) is 22.3 Å². The summed E-state index contributed by atoms with van der Waals surface area (Å²) in [6.45, 7) is 2.07. The van der Waals surface area contributed by atoms with Crippen molar-refractivity contribution in [2.75, 3.05) is 0 Å². The van der Waals surface area contributed by atoms with Crippen LogP contribution in [0.5, 0.6) is 0 Å².